The summed E-state index contributed by atoms with van der Waals surface area (Å²) in [6.07, 6.45) is 2.12. The number of fused-ring (bicyclic) bond motifs is 1. The Morgan fingerprint density at radius 2 is 1.85 bits per heavy atom. The largest absolute Gasteiger partial charge is 0.494 e. The molecule has 0 N–H and O–H groups in total. The Balaban J connectivity index is 1.32. The number of ketones is 1. The van der Waals surface area contributed by atoms with E-state index in [0.717, 1.165) is 42.5 Å². The van der Waals surface area contributed by atoms with Gasteiger partial charge in [-0.3, -0.25) is 4.79 Å². The molecule has 0 bridgehead atoms. The summed E-state index contributed by atoms with van der Waals surface area (Å²) < 4.78 is 11.5. The van der Waals surface area contributed by atoms with Crippen molar-refractivity contribution in [3.05, 3.63) is 66.1 Å². The molecule has 0 aliphatic rings. The van der Waals surface area contributed by atoms with Crippen LogP contribution in [0.4, 0.5) is 0 Å². The van der Waals surface area contributed by atoms with E-state index in [1.807, 2.05) is 49.9 Å². The number of thioether (sulfide) groups is 1. The van der Waals surface area contributed by atoms with Crippen LogP contribution in [0.1, 0.15) is 43.0 Å². The van der Waals surface area contributed by atoms with Gasteiger partial charge in [-0.05, 0) is 53.6 Å². The number of benzene rings is 2. The van der Waals surface area contributed by atoms with Crippen LogP contribution in [-0.2, 0) is 5.75 Å². The quantitative estimate of drug-likeness (QED) is 0.302. The average molecular weight is 383 g/mol. The van der Waals surface area contributed by atoms with E-state index in [4.69, 9.17) is 9.15 Å². The first kappa shape index (κ1) is 19.6. The van der Waals surface area contributed by atoms with Crippen molar-refractivity contribution in [2.24, 2.45) is 5.92 Å². The third-order valence-corrected chi connectivity index (χ3v) is 5.41. The lowest BCUT2D eigenvalue weighted by Gasteiger charge is -2.07. The van der Waals surface area contributed by atoms with E-state index in [0.29, 0.717) is 5.76 Å². The first-order chi connectivity index (χ1) is 13.1. The minimum atomic E-state index is -0.0285. The molecule has 4 heteroatoms. The van der Waals surface area contributed by atoms with Gasteiger partial charge in [-0.2, -0.15) is 11.8 Å². The van der Waals surface area contributed by atoms with Gasteiger partial charge < -0.3 is 9.15 Å². The van der Waals surface area contributed by atoms with E-state index < -0.39 is 0 Å². The van der Waals surface area contributed by atoms with E-state index in [1.54, 1.807) is 6.07 Å². The molecule has 0 fully saturated rings. The summed E-state index contributed by atoms with van der Waals surface area (Å²) in [6.45, 7) is 4.51. The predicted octanol–water partition coefficient (Wildman–Crippen LogP) is 6.36. The molecule has 1 heterocycles. The molecule has 3 nitrogen and oxygen atoms in total. The highest BCUT2D eigenvalue weighted by Crippen LogP contribution is 2.21. The Hall–Kier alpha value is -2.20. The van der Waals surface area contributed by atoms with Crippen molar-refractivity contribution in [1.82, 2.24) is 0 Å². The van der Waals surface area contributed by atoms with Crippen LogP contribution >= 0.6 is 11.8 Å². The number of ether oxygens (including phenoxy) is 1. The van der Waals surface area contributed by atoms with Crippen LogP contribution in [0.3, 0.4) is 0 Å². The average Bonchev–Trinajstić information content (AvgIpc) is 3.15. The van der Waals surface area contributed by atoms with E-state index in [-0.39, 0.29) is 11.7 Å². The zero-order valence-corrected chi connectivity index (χ0v) is 16.8. The third kappa shape index (κ3) is 5.64. The molecule has 0 aliphatic carbocycles. The minimum absolute atomic E-state index is 0.0285. The van der Waals surface area contributed by atoms with Gasteiger partial charge in [0.2, 0.25) is 5.78 Å². The summed E-state index contributed by atoms with van der Waals surface area (Å²) in [6, 6.07) is 18.2. The van der Waals surface area contributed by atoms with Crippen LogP contribution in [0.25, 0.3) is 10.8 Å². The van der Waals surface area contributed by atoms with Gasteiger partial charge in [0.05, 0.1) is 12.4 Å². The van der Waals surface area contributed by atoms with Crippen LogP contribution in [0.5, 0.6) is 5.75 Å². The second-order valence-electron chi connectivity index (χ2n) is 6.90. The van der Waals surface area contributed by atoms with Crippen LogP contribution in [0.15, 0.2) is 59.0 Å². The van der Waals surface area contributed by atoms with Crippen molar-refractivity contribution in [2.45, 2.75) is 32.4 Å². The lowest BCUT2D eigenvalue weighted by atomic mass is 10.1. The normalized spacial score (nSPS) is 11.2. The molecule has 0 saturated carbocycles. The van der Waals surface area contributed by atoms with Crippen LogP contribution in [0.2, 0.25) is 0 Å². The summed E-state index contributed by atoms with van der Waals surface area (Å²) >= 11 is 1.83. The first-order valence-corrected chi connectivity index (χ1v) is 10.6. The van der Waals surface area contributed by atoms with Gasteiger partial charge >= 0.3 is 0 Å². The second-order valence-corrected chi connectivity index (χ2v) is 8.01. The van der Waals surface area contributed by atoms with Gasteiger partial charge in [0.15, 0.2) is 5.76 Å². The number of furan rings is 1. The number of hydrogen-bond donors (Lipinski definition) is 0. The van der Waals surface area contributed by atoms with Gasteiger partial charge in [-0.1, -0.05) is 44.2 Å². The molecule has 2 aromatic carbocycles. The van der Waals surface area contributed by atoms with Crippen molar-refractivity contribution in [3.8, 4) is 5.75 Å². The maximum atomic E-state index is 11.9. The monoisotopic (exact) mass is 382 g/mol. The SMILES string of the molecule is CC(C)C(=O)c1ccc(CSCCCCOc2ccc3ccccc3c2)o1. The van der Waals surface area contributed by atoms with Crippen molar-refractivity contribution in [2.75, 3.05) is 12.4 Å². The number of carbonyl (C=O) groups is 1. The summed E-state index contributed by atoms with van der Waals surface area (Å²) in [7, 11) is 0. The molecular weight excluding hydrogens is 356 g/mol. The highest BCUT2D eigenvalue weighted by Gasteiger charge is 2.14. The summed E-state index contributed by atoms with van der Waals surface area (Å²) in [5.41, 5.74) is 0. The zero-order valence-electron chi connectivity index (χ0n) is 15.9. The minimum Gasteiger partial charge on any atom is -0.494 e. The van der Waals surface area contributed by atoms with Crippen molar-refractivity contribution >= 4 is 28.3 Å². The van der Waals surface area contributed by atoms with E-state index in [9.17, 15) is 4.79 Å². The van der Waals surface area contributed by atoms with Crippen molar-refractivity contribution < 1.29 is 13.9 Å². The van der Waals surface area contributed by atoms with Gasteiger partial charge in [0, 0.05) is 5.92 Å². The number of rotatable bonds is 10. The number of unbranched alkanes of at least 4 members (excludes halogenated alkanes) is 1. The molecule has 3 aromatic rings. The fourth-order valence-electron chi connectivity index (χ4n) is 2.80. The molecule has 27 heavy (non-hydrogen) atoms. The smallest absolute Gasteiger partial charge is 0.200 e. The number of Topliss-reactive ketones (excluding diaryl/α,β-unsaturated/α-hetero) is 1. The van der Waals surface area contributed by atoms with E-state index >= 15 is 0 Å². The van der Waals surface area contributed by atoms with Gasteiger partial charge in [-0.25, -0.2) is 0 Å². The van der Waals surface area contributed by atoms with Crippen LogP contribution < -0.4 is 4.74 Å². The van der Waals surface area contributed by atoms with E-state index in [1.165, 1.54) is 10.8 Å². The number of carbonyl (C=O) groups excluding carboxylic acids is 1. The van der Waals surface area contributed by atoms with Gasteiger partial charge in [0.1, 0.15) is 11.5 Å². The summed E-state index contributed by atoms with van der Waals surface area (Å²) in [5.74, 6) is 4.17. The fourth-order valence-corrected chi connectivity index (χ4v) is 3.71. The molecule has 0 spiro atoms. The summed E-state index contributed by atoms with van der Waals surface area (Å²) in [5, 5.41) is 2.44. The predicted molar refractivity (Wildman–Crippen MR) is 113 cm³/mol. The Kier molecular flexibility index (Phi) is 6.99. The van der Waals surface area contributed by atoms with Crippen molar-refractivity contribution in [1.29, 1.82) is 0 Å². The molecule has 142 valence electrons. The lowest BCUT2D eigenvalue weighted by Crippen LogP contribution is -2.05. The molecule has 0 amide bonds. The molecule has 0 saturated heterocycles. The second kappa shape index (κ2) is 9.65. The summed E-state index contributed by atoms with van der Waals surface area (Å²) in [4.78, 5) is 11.9. The molecule has 3 rings (SSSR count). The van der Waals surface area contributed by atoms with Crippen LogP contribution in [-0.4, -0.2) is 18.1 Å². The first-order valence-electron chi connectivity index (χ1n) is 9.46. The Morgan fingerprint density at radius 3 is 2.67 bits per heavy atom. The molecule has 0 radical (unpaired) electrons. The Morgan fingerprint density at radius 1 is 1.04 bits per heavy atom. The lowest BCUT2D eigenvalue weighted by molar-refractivity contribution is 0.0910. The molecular formula is C23H26O3S. The highest BCUT2D eigenvalue weighted by molar-refractivity contribution is 7.98. The molecule has 0 aliphatic heterocycles. The Bertz CT molecular complexity index is 882. The number of hydrogen-bond acceptors (Lipinski definition) is 4. The zero-order chi connectivity index (χ0) is 19.1. The highest BCUT2D eigenvalue weighted by atomic mass is 32.2. The van der Waals surface area contributed by atoms with E-state index in [2.05, 4.69) is 24.3 Å². The fraction of sp³-hybridized carbons (Fsp3) is 0.348. The topological polar surface area (TPSA) is 39.4 Å². The van der Waals surface area contributed by atoms with Crippen LogP contribution in [0, 0.1) is 5.92 Å². The van der Waals surface area contributed by atoms with Crippen molar-refractivity contribution in [3.63, 3.8) is 0 Å². The maximum absolute atomic E-state index is 11.9. The van der Waals surface area contributed by atoms with Gasteiger partial charge in [-0.15, -0.1) is 0 Å². The molecule has 0 unspecified atom stereocenters. The Labute approximate surface area is 165 Å². The molecule has 1 aromatic heterocycles. The third-order valence-electron chi connectivity index (χ3n) is 4.35. The molecule has 0 atom stereocenters. The van der Waals surface area contributed by atoms with Gasteiger partial charge in [0.25, 0.3) is 0 Å². The standard InChI is InChI=1S/C23H26O3S/c1-17(2)23(24)22-12-11-21(26-22)16-27-14-6-5-13-25-20-10-9-18-7-3-4-8-19(18)15-20/h3-4,7-12,15,17H,5-6,13-14,16H2,1-2H3. The maximum Gasteiger partial charge on any atom is 0.200 e.